The van der Waals surface area contributed by atoms with E-state index in [-0.39, 0.29) is 11.8 Å². The summed E-state index contributed by atoms with van der Waals surface area (Å²) in [7, 11) is 0. The SMILES string of the molecule is CC(=O)NC1(Nc2ccccc2)C(=O)N(c2ccccc2)N=C1c1c(C)cc(C)c2ccccc12.CCNCC. The van der Waals surface area contributed by atoms with Crippen molar-refractivity contribution in [3.05, 3.63) is 108 Å². The van der Waals surface area contributed by atoms with Gasteiger partial charge >= 0.3 is 5.91 Å². The lowest BCUT2D eigenvalue weighted by atomic mass is 9.87. The van der Waals surface area contributed by atoms with Crippen LogP contribution in [-0.2, 0) is 9.59 Å². The number of hydrogen-bond donors (Lipinski definition) is 3. The van der Waals surface area contributed by atoms with E-state index in [1.54, 1.807) is 0 Å². The van der Waals surface area contributed by atoms with Crippen LogP contribution in [0.2, 0.25) is 0 Å². The van der Waals surface area contributed by atoms with E-state index in [2.05, 4.69) is 48.9 Å². The van der Waals surface area contributed by atoms with E-state index in [0.29, 0.717) is 17.1 Å². The number of para-hydroxylation sites is 2. The zero-order valence-electron chi connectivity index (χ0n) is 23.8. The average molecular weight is 536 g/mol. The summed E-state index contributed by atoms with van der Waals surface area (Å²) in [4.78, 5) is 26.8. The minimum Gasteiger partial charge on any atom is -0.350 e. The van der Waals surface area contributed by atoms with Gasteiger partial charge in [0.1, 0.15) is 5.71 Å². The van der Waals surface area contributed by atoms with Crippen molar-refractivity contribution in [1.82, 2.24) is 10.6 Å². The smallest absolute Gasteiger partial charge is 0.300 e. The number of rotatable bonds is 7. The van der Waals surface area contributed by atoms with E-state index in [1.165, 1.54) is 11.9 Å². The molecule has 4 aromatic carbocycles. The molecule has 5 rings (SSSR count). The van der Waals surface area contributed by atoms with Gasteiger partial charge in [-0.1, -0.05) is 80.6 Å². The fourth-order valence-corrected chi connectivity index (χ4v) is 5.02. The molecule has 0 aromatic heterocycles. The normalized spacial score (nSPS) is 16.3. The Hall–Kier alpha value is -4.49. The number of fused-ring (bicyclic) bond motifs is 1. The van der Waals surface area contributed by atoms with E-state index < -0.39 is 5.66 Å². The Balaban J connectivity index is 0.000000681. The van der Waals surface area contributed by atoms with Crippen LogP contribution < -0.4 is 21.0 Å². The molecule has 0 bridgehead atoms. The second-order valence-electron chi connectivity index (χ2n) is 9.71. The molecule has 1 unspecified atom stereocenters. The van der Waals surface area contributed by atoms with Gasteiger partial charge in [0.25, 0.3) is 0 Å². The molecule has 1 aliphatic rings. The van der Waals surface area contributed by atoms with E-state index in [4.69, 9.17) is 5.10 Å². The summed E-state index contributed by atoms with van der Waals surface area (Å²) < 4.78 is 0. The van der Waals surface area contributed by atoms with Crippen LogP contribution in [0.25, 0.3) is 10.8 Å². The molecule has 1 atom stereocenters. The standard InChI is InChI=1S/C29H26N4O2.C4H11N/c1-19-18-20(2)26(25-17-11-10-16-24(19)25)27-29(30-21(3)34,31-22-12-6-4-7-13-22)28(35)33(32-27)23-14-8-5-9-15-23;1-3-5-4-2/h4-18,31H,1-3H3,(H,30,34);5H,3-4H2,1-2H3. The van der Waals surface area contributed by atoms with Crippen molar-refractivity contribution in [2.24, 2.45) is 5.10 Å². The predicted molar refractivity (Wildman–Crippen MR) is 165 cm³/mol. The molecule has 0 saturated heterocycles. The van der Waals surface area contributed by atoms with Crippen LogP contribution >= 0.6 is 0 Å². The Morgan fingerprint density at radius 3 is 1.98 bits per heavy atom. The van der Waals surface area contributed by atoms with Crippen molar-refractivity contribution in [1.29, 1.82) is 0 Å². The molecule has 4 aromatic rings. The fraction of sp³-hybridized carbons (Fsp3) is 0.242. The number of amides is 2. The van der Waals surface area contributed by atoms with Gasteiger partial charge in [-0.3, -0.25) is 9.59 Å². The zero-order valence-corrected chi connectivity index (χ0v) is 23.8. The molecule has 7 nitrogen and oxygen atoms in total. The van der Waals surface area contributed by atoms with Crippen molar-refractivity contribution in [3.63, 3.8) is 0 Å². The molecule has 3 N–H and O–H groups in total. The number of nitrogens with zero attached hydrogens (tertiary/aromatic N) is 2. The van der Waals surface area contributed by atoms with Crippen molar-refractivity contribution in [2.45, 2.75) is 40.3 Å². The molecule has 0 aliphatic carbocycles. The summed E-state index contributed by atoms with van der Waals surface area (Å²) in [6.45, 7) is 11.9. The molecule has 2 amide bonds. The molecule has 1 heterocycles. The zero-order chi connectivity index (χ0) is 28.7. The summed E-state index contributed by atoms with van der Waals surface area (Å²) in [6.07, 6.45) is 0. The number of nitrogens with one attached hydrogen (secondary N) is 3. The molecular formula is C33H37N5O2. The summed E-state index contributed by atoms with van der Waals surface area (Å²) in [5.74, 6) is -0.736. The minimum atomic E-state index is -1.61. The molecule has 0 fully saturated rings. The molecule has 206 valence electrons. The quantitative estimate of drug-likeness (QED) is 0.262. The Morgan fingerprint density at radius 1 is 0.825 bits per heavy atom. The van der Waals surface area contributed by atoms with Crippen LogP contribution in [0.15, 0.2) is 96.1 Å². The molecule has 1 aliphatic heterocycles. The summed E-state index contributed by atoms with van der Waals surface area (Å²) in [6, 6.07) is 28.8. The lowest BCUT2D eigenvalue weighted by Gasteiger charge is -2.32. The van der Waals surface area contributed by atoms with Crippen molar-refractivity contribution in [3.8, 4) is 0 Å². The third kappa shape index (κ3) is 5.75. The van der Waals surface area contributed by atoms with Gasteiger partial charge < -0.3 is 16.0 Å². The predicted octanol–water partition coefficient (Wildman–Crippen LogP) is 5.77. The minimum absolute atomic E-state index is 0.349. The lowest BCUT2D eigenvalue weighted by Crippen LogP contribution is -2.64. The summed E-state index contributed by atoms with van der Waals surface area (Å²) in [5.41, 5.74) is 3.05. The first-order chi connectivity index (χ1) is 19.3. The van der Waals surface area contributed by atoms with Crippen molar-refractivity contribution < 1.29 is 9.59 Å². The Bertz CT molecular complexity index is 1520. The maximum absolute atomic E-state index is 14.2. The lowest BCUT2D eigenvalue weighted by molar-refractivity contribution is -0.127. The first-order valence-corrected chi connectivity index (χ1v) is 13.6. The second kappa shape index (κ2) is 12.6. The van der Waals surface area contributed by atoms with Crippen LogP contribution in [0.4, 0.5) is 11.4 Å². The molecule has 0 spiro atoms. The van der Waals surface area contributed by atoms with Crippen molar-refractivity contribution >= 4 is 39.7 Å². The second-order valence-corrected chi connectivity index (χ2v) is 9.71. The Kier molecular flexibility index (Phi) is 8.97. The van der Waals surface area contributed by atoms with E-state index in [9.17, 15) is 9.59 Å². The summed E-state index contributed by atoms with van der Waals surface area (Å²) >= 11 is 0. The number of carbonyl (C=O) groups excluding carboxylic acids is 2. The molecule has 7 heteroatoms. The van der Waals surface area contributed by atoms with Gasteiger partial charge in [0, 0.05) is 18.2 Å². The number of anilines is 2. The third-order valence-corrected chi connectivity index (χ3v) is 6.72. The maximum atomic E-state index is 14.2. The van der Waals surface area contributed by atoms with Crippen LogP contribution in [0, 0.1) is 13.8 Å². The van der Waals surface area contributed by atoms with Crippen LogP contribution in [-0.4, -0.2) is 36.3 Å². The molecule has 40 heavy (non-hydrogen) atoms. The fourth-order valence-electron chi connectivity index (χ4n) is 5.02. The first kappa shape index (κ1) is 28.5. The topological polar surface area (TPSA) is 85.8 Å². The van der Waals surface area contributed by atoms with Crippen LogP contribution in [0.3, 0.4) is 0 Å². The van der Waals surface area contributed by atoms with Gasteiger partial charge in [-0.15, -0.1) is 0 Å². The highest BCUT2D eigenvalue weighted by Crippen LogP contribution is 2.35. The number of hydrogen-bond acceptors (Lipinski definition) is 5. The Labute approximate surface area is 236 Å². The Morgan fingerprint density at radius 2 is 1.40 bits per heavy atom. The summed E-state index contributed by atoms with van der Waals surface area (Å²) in [5, 5.41) is 17.7. The molecule has 0 saturated carbocycles. The van der Waals surface area contributed by atoms with E-state index in [0.717, 1.165) is 40.6 Å². The maximum Gasteiger partial charge on any atom is 0.300 e. The highest BCUT2D eigenvalue weighted by atomic mass is 16.2. The number of hydrazone groups is 1. The van der Waals surface area contributed by atoms with Gasteiger partial charge in [0.2, 0.25) is 11.6 Å². The van der Waals surface area contributed by atoms with Gasteiger partial charge in [-0.2, -0.15) is 10.1 Å². The highest BCUT2D eigenvalue weighted by Gasteiger charge is 2.54. The first-order valence-electron chi connectivity index (χ1n) is 13.6. The number of benzene rings is 4. The third-order valence-electron chi connectivity index (χ3n) is 6.72. The monoisotopic (exact) mass is 535 g/mol. The van der Waals surface area contributed by atoms with Crippen molar-refractivity contribution in [2.75, 3.05) is 23.4 Å². The van der Waals surface area contributed by atoms with Gasteiger partial charge in [-0.25, -0.2) is 0 Å². The largest absolute Gasteiger partial charge is 0.350 e. The molecular weight excluding hydrogens is 498 g/mol. The number of aryl methyl sites for hydroxylation is 2. The van der Waals surface area contributed by atoms with E-state index in [1.807, 2.05) is 85.8 Å². The van der Waals surface area contributed by atoms with Gasteiger partial charge in [0.15, 0.2) is 0 Å². The number of carbonyl (C=O) groups is 2. The van der Waals surface area contributed by atoms with Crippen LogP contribution in [0.1, 0.15) is 37.5 Å². The van der Waals surface area contributed by atoms with E-state index >= 15 is 0 Å². The van der Waals surface area contributed by atoms with Crippen LogP contribution in [0.5, 0.6) is 0 Å². The van der Waals surface area contributed by atoms with Gasteiger partial charge in [0.05, 0.1) is 5.69 Å². The highest BCUT2D eigenvalue weighted by molar-refractivity contribution is 6.33. The average Bonchev–Trinajstić information content (AvgIpc) is 3.21. The molecule has 0 radical (unpaired) electrons. The van der Waals surface area contributed by atoms with Gasteiger partial charge in [-0.05, 0) is 73.1 Å².